The Kier molecular flexibility index (Phi) is 6.00. The number of aryl methyl sites for hydroxylation is 2. The van der Waals surface area contributed by atoms with Crippen LogP contribution >= 0.6 is 34.2 Å². The largest absolute Gasteiger partial charge is 0.341 e. The van der Waals surface area contributed by atoms with Gasteiger partial charge < -0.3 is 14.8 Å². The van der Waals surface area contributed by atoms with Crippen molar-refractivity contribution in [3.05, 3.63) is 58.2 Å². The van der Waals surface area contributed by atoms with Gasteiger partial charge in [0, 0.05) is 53.9 Å². The summed E-state index contributed by atoms with van der Waals surface area (Å²) in [4.78, 5) is 24.2. The molecule has 10 heteroatoms. The van der Waals surface area contributed by atoms with E-state index in [9.17, 15) is 4.79 Å². The minimum Gasteiger partial charge on any atom is -0.341 e. The molecule has 0 atom stereocenters. The molecule has 0 unspecified atom stereocenters. The molecule has 0 bridgehead atoms. The van der Waals surface area contributed by atoms with Crippen molar-refractivity contribution < 1.29 is 0 Å². The molecule has 33 heavy (non-hydrogen) atoms. The van der Waals surface area contributed by atoms with E-state index in [1.807, 2.05) is 37.5 Å². The van der Waals surface area contributed by atoms with Crippen LogP contribution in [0, 0.1) is 0 Å². The third-order valence-electron chi connectivity index (χ3n) is 5.94. The van der Waals surface area contributed by atoms with Crippen molar-refractivity contribution in [2.24, 2.45) is 14.1 Å². The molecule has 0 spiro atoms. The van der Waals surface area contributed by atoms with Crippen LogP contribution in [0.2, 0.25) is 5.02 Å². The van der Waals surface area contributed by atoms with E-state index in [-0.39, 0.29) is 5.56 Å². The van der Waals surface area contributed by atoms with Crippen LogP contribution in [0.5, 0.6) is 0 Å². The first-order valence-electron chi connectivity index (χ1n) is 10.7. The maximum Gasteiger partial charge on any atom is 0.258 e. The summed E-state index contributed by atoms with van der Waals surface area (Å²) in [7, 11) is 3.62. The Morgan fingerprint density at radius 3 is 2.67 bits per heavy atom. The highest BCUT2D eigenvalue weighted by molar-refractivity contribution is 14.1. The number of pyridine rings is 1. The number of aromatic nitrogens is 5. The number of piperidine rings is 1. The topological polar surface area (TPSA) is 80.9 Å². The Hall–Kier alpha value is -2.66. The highest BCUT2D eigenvalue weighted by Gasteiger charge is 2.20. The fourth-order valence-corrected chi connectivity index (χ4v) is 4.81. The number of nitrogens with one attached hydrogen (secondary N) is 1. The second-order valence-corrected chi connectivity index (χ2v) is 10.4. The molecule has 1 fully saturated rings. The number of anilines is 3. The van der Waals surface area contributed by atoms with E-state index in [0.29, 0.717) is 26.3 Å². The molecule has 0 saturated carbocycles. The summed E-state index contributed by atoms with van der Waals surface area (Å²) < 4.78 is 4.05. The van der Waals surface area contributed by atoms with E-state index in [1.165, 1.54) is 0 Å². The average molecular weight is 576 g/mol. The number of halogens is 2. The highest BCUT2D eigenvalue weighted by Crippen LogP contribution is 2.29. The highest BCUT2D eigenvalue weighted by atomic mass is 127. The Morgan fingerprint density at radius 2 is 1.94 bits per heavy atom. The van der Waals surface area contributed by atoms with Crippen molar-refractivity contribution in [3.63, 3.8) is 0 Å². The quantitative estimate of drug-likeness (QED) is 0.285. The number of nitrogens with zero attached hydrogens (tertiary/aromatic N) is 6. The standard InChI is InChI=1S/C23H23ClIN7O/c1-30-13-15(11-27-30)18-10-14-9-17(3-4-20(14)31(2)22(18)33)28-21-19(24)12-26-23(29-21)32-7-5-16(25)6-8-32/h3-4,9-13,16H,5-8H2,1-2H3,(H,26,28,29). The molecular weight excluding hydrogens is 553 g/mol. The molecule has 1 aromatic carbocycles. The van der Waals surface area contributed by atoms with E-state index in [4.69, 9.17) is 16.6 Å². The van der Waals surface area contributed by atoms with Gasteiger partial charge in [0.05, 0.1) is 23.5 Å². The van der Waals surface area contributed by atoms with Crippen LogP contribution < -0.4 is 15.8 Å². The molecule has 0 amide bonds. The summed E-state index contributed by atoms with van der Waals surface area (Å²) in [5.74, 6) is 1.25. The van der Waals surface area contributed by atoms with E-state index < -0.39 is 0 Å². The summed E-state index contributed by atoms with van der Waals surface area (Å²) in [6.07, 6.45) is 7.44. The molecule has 1 aliphatic rings. The number of hydrogen-bond acceptors (Lipinski definition) is 6. The second kappa shape index (κ2) is 8.94. The van der Waals surface area contributed by atoms with Crippen molar-refractivity contribution >= 4 is 62.5 Å². The smallest absolute Gasteiger partial charge is 0.258 e. The molecule has 1 saturated heterocycles. The maximum absolute atomic E-state index is 12.9. The first-order chi connectivity index (χ1) is 15.9. The van der Waals surface area contributed by atoms with Crippen molar-refractivity contribution in [3.8, 4) is 11.1 Å². The number of benzene rings is 1. The summed E-state index contributed by atoms with van der Waals surface area (Å²) in [5.41, 5.74) is 3.01. The van der Waals surface area contributed by atoms with E-state index in [2.05, 4.69) is 42.9 Å². The molecule has 3 aromatic heterocycles. The lowest BCUT2D eigenvalue weighted by molar-refractivity contribution is 0.594. The zero-order valence-electron chi connectivity index (χ0n) is 18.3. The van der Waals surface area contributed by atoms with Crippen LogP contribution in [0.15, 0.2) is 47.7 Å². The zero-order valence-corrected chi connectivity index (χ0v) is 21.2. The zero-order chi connectivity index (χ0) is 23.1. The number of hydrogen-bond donors (Lipinski definition) is 1. The lowest BCUT2D eigenvalue weighted by Gasteiger charge is -2.29. The summed E-state index contributed by atoms with van der Waals surface area (Å²) in [5, 5.41) is 8.92. The predicted molar refractivity (Wildman–Crippen MR) is 141 cm³/mol. The van der Waals surface area contributed by atoms with E-state index in [0.717, 1.165) is 48.1 Å². The fraction of sp³-hybridized carbons (Fsp3) is 0.304. The van der Waals surface area contributed by atoms with Gasteiger partial charge in [0.1, 0.15) is 5.02 Å². The number of fused-ring (bicyclic) bond motifs is 1. The molecule has 1 N–H and O–H groups in total. The van der Waals surface area contributed by atoms with Gasteiger partial charge in [-0.05, 0) is 37.1 Å². The van der Waals surface area contributed by atoms with Gasteiger partial charge in [0.2, 0.25) is 5.95 Å². The summed E-state index contributed by atoms with van der Waals surface area (Å²) in [6, 6.07) is 7.74. The minimum atomic E-state index is -0.0602. The normalized spacial score (nSPS) is 14.7. The minimum absolute atomic E-state index is 0.0602. The van der Waals surface area contributed by atoms with Crippen LogP contribution in [-0.2, 0) is 14.1 Å². The van der Waals surface area contributed by atoms with Gasteiger partial charge in [-0.15, -0.1) is 0 Å². The number of rotatable bonds is 4. The fourth-order valence-electron chi connectivity index (χ4n) is 4.11. The van der Waals surface area contributed by atoms with Gasteiger partial charge in [0.15, 0.2) is 5.82 Å². The first-order valence-corrected chi connectivity index (χ1v) is 12.3. The van der Waals surface area contributed by atoms with Crippen LogP contribution in [0.25, 0.3) is 22.0 Å². The van der Waals surface area contributed by atoms with Crippen molar-refractivity contribution in [1.82, 2.24) is 24.3 Å². The van der Waals surface area contributed by atoms with Crippen LogP contribution in [0.4, 0.5) is 17.5 Å². The predicted octanol–water partition coefficient (Wildman–Crippen LogP) is 4.53. The van der Waals surface area contributed by atoms with Gasteiger partial charge in [-0.25, -0.2) is 4.98 Å². The molecular formula is C23H23ClIN7O. The van der Waals surface area contributed by atoms with Gasteiger partial charge in [-0.3, -0.25) is 9.48 Å². The molecule has 0 aliphatic carbocycles. The van der Waals surface area contributed by atoms with Gasteiger partial charge in [0.25, 0.3) is 5.56 Å². The van der Waals surface area contributed by atoms with Crippen LogP contribution in [-0.4, -0.2) is 41.3 Å². The SMILES string of the molecule is Cn1cc(-c2cc3cc(Nc4nc(N5CCC(I)CC5)ncc4Cl)ccc3n(C)c2=O)cn1. The molecule has 170 valence electrons. The Morgan fingerprint density at radius 1 is 1.15 bits per heavy atom. The van der Waals surface area contributed by atoms with Crippen LogP contribution in [0.3, 0.4) is 0 Å². The lowest BCUT2D eigenvalue weighted by atomic mass is 10.1. The van der Waals surface area contributed by atoms with E-state index >= 15 is 0 Å². The third-order valence-corrected chi connectivity index (χ3v) is 7.46. The van der Waals surface area contributed by atoms with Gasteiger partial charge >= 0.3 is 0 Å². The molecule has 0 radical (unpaired) electrons. The maximum atomic E-state index is 12.9. The Bertz CT molecular complexity index is 1390. The van der Waals surface area contributed by atoms with Gasteiger partial charge in [-0.1, -0.05) is 34.2 Å². The number of alkyl halides is 1. The Balaban J connectivity index is 1.49. The average Bonchev–Trinajstić information content (AvgIpc) is 3.24. The van der Waals surface area contributed by atoms with Crippen LogP contribution in [0.1, 0.15) is 12.8 Å². The van der Waals surface area contributed by atoms with E-state index in [1.54, 1.807) is 28.7 Å². The van der Waals surface area contributed by atoms with Crippen molar-refractivity contribution in [2.75, 3.05) is 23.3 Å². The monoisotopic (exact) mass is 575 g/mol. The molecule has 4 heterocycles. The molecule has 5 rings (SSSR count). The molecule has 8 nitrogen and oxygen atoms in total. The Labute approximate surface area is 209 Å². The third kappa shape index (κ3) is 4.43. The first kappa shape index (κ1) is 22.1. The lowest BCUT2D eigenvalue weighted by Crippen LogP contribution is -2.35. The van der Waals surface area contributed by atoms with Crippen molar-refractivity contribution in [1.29, 1.82) is 0 Å². The summed E-state index contributed by atoms with van der Waals surface area (Å²) >= 11 is 8.92. The van der Waals surface area contributed by atoms with Crippen molar-refractivity contribution in [2.45, 2.75) is 16.8 Å². The summed E-state index contributed by atoms with van der Waals surface area (Å²) in [6.45, 7) is 1.88. The van der Waals surface area contributed by atoms with Gasteiger partial charge in [-0.2, -0.15) is 10.1 Å². The second-order valence-electron chi connectivity index (χ2n) is 8.25. The molecule has 1 aliphatic heterocycles. The molecule has 4 aromatic rings.